The van der Waals surface area contributed by atoms with Crippen LogP contribution in [0.25, 0.3) is 0 Å². The second kappa shape index (κ2) is 2.87. The smallest absolute Gasteiger partial charge is 0.0917 e. The van der Waals surface area contributed by atoms with Gasteiger partial charge in [0.25, 0.3) is 0 Å². The first-order valence-electron chi connectivity index (χ1n) is 3.24. The van der Waals surface area contributed by atoms with Crippen LogP contribution in [0.15, 0.2) is 11.8 Å². The lowest BCUT2D eigenvalue weighted by Crippen LogP contribution is -2.10. The molecule has 0 aromatic rings. The Balaban J connectivity index is 2.40. The van der Waals surface area contributed by atoms with E-state index in [1.165, 1.54) is 0 Å². The van der Waals surface area contributed by atoms with Gasteiger partial charge in [0.1, 0.15) is 0 Å². The summed E-state index contributed by atoms with van der Waals surface area (Å²) in [5.41, 5.74) is 0. The first-order chi connectivity index (χ1) is 4.33. The van der Waals surface area contributed by atoms with Crippen molar-refractivity contribution in [1.82, 2.24) is 0 Å². The van der Waals surface area contributed by atoms with Gasteiger partial charge in [-0.3, -0.25) is 0 Å². The van der Waals surface area contributed by atoms with E-state index in [2.05, 4.69) is 0 Å². The molecule has 0 unspecified atom stereocenters. The summed E-state index contributed by atoms with van der Waals surface area (Å²) in [5, 5.41) is 9.02. The fourth-order valence-electron chi connectivity index (χ4n) is 0.982. The highest BCUT2D eigenvalue weighted by molar-refractivity contribution is 4.98. The summed E-state index contributed by atoms with van der Waals surface area (Å²) >= 11 is 0. The largest absolute Gasteiger partial charge is 0.501 e. The zero-order chi connectivity index (χ0) is 6.69. The molecule has 0 fully saturated rings. The van der Waals surface area contributed by atoms with Crippen LogP contribution in [0.1, 0.15) is 19.3 Å². The second-order valence-corrected chi connectivity index (χ2v) is 2.30. The third kappa shape index (κ3) is 1.72. The number of aliphatic hydroxyl groups is 1. The number of aliphatic hydroxyl groups excluding tert-OH is 1. The monoisotopic (exact) mass is 128 g/mol. The van der Waals surface area contributed by atoms with Gasteiger partial charge in [-0.2, -0.15) is 0 Å². The van der Waals surface area contributed by atoms with Gasteiger partial charge >= 0.3 is 0 Å². The molecule has 1 atom stereocenters. The minimum absolute atomic E-state index is 0.135. The molecular formula is C7H12O2. The van der Waals surface area contributed by atoms with E-state index in [1.807, 2.05) is 6.08 Å². The molecule has 0 radical (unpaired) electrons. The fraction of sp³-hybridized carbons (Fsp3) is 0.714. The maximum absolute atomic E-state index is 9.02. The molecule has 2 nitrogen and oxygen atoms in total. The Labute approximate surface area is 55.1 Å². The summed E-state index contributed by atoms with van der Waals surface area (Å²) in [6.45, 7) is 0. The molecule has 0 bridgehead atoms. The third-order valence-electron chi connectivity index (χ3n) is 1.60. The van der Waals surface area contributed by atoms with Crippen LogP contribution in [0.4, 0.5) is 0 Å². The van der Waals surface area contributed by atoms with Crippen molar-refractivity contribution in [3.05, 3.63) is 11.8 Å². The predicted molar refractivity (Wildman–Crippen MR) is 34.9 cm³/mol. The molecule has 0 amide bonds. The molecule has 1 N–H and O–H groups in total. The average molecular weight is 128 g/mol. The molecule has 9 heavy (non-hydrogen) atoms. The molecule has 0 aliphatic heterocycles. The summed E-state index contributed by atoms with van der Waals surface area (Å²) in [7, 11) is 1.67. The summed E-state index contributed by atoms with van der Waals surface area (Å²) in [6.07, 6.45) is 4.30. The molecule has 0 spiro atoms. The van der Waals surface area contributed by atoms with Crippen molar-refractivity contribution in [2.75, 3.05) is 7.11 Å². The van der Waals surface area contributed by atoms with E-state index in [0.29, 0.717) is 0 Å². The highest BCUT2D eigenvalue weighted by Crippen LogP contribution is 2.17. The number of allylic oxidation sites excluding steroid dienone is 1. The van der Waals surface area contributed by atoms with Crippen molar-refractivity contribution in [1.29, 1.82) is 0 Å². The minimum atomic E-state index is -0.135. The Hall–Kier alpha value is -0.500. The molecule has 0 aromatic heterocycles. The standard InChI is InChI=1S/C7H12O2/c1-9-7-4-2-6(8)3-5-7/h4,6,8H,2-3,5H2,1H3/t6-/m1/s1. The summed E-state index contributed by atoms with van der Waals surface area (Å²) in [5.74, 6) is 1.01. The van der Waals surface area contributed by atoms with Gasteiger partial charge in [0.05, 0.1) is 19.0 Å². The molecule has 0 saturated carbocycles. The molecule has 0 heterocycles. The molecule has 1 aliphatic rings. The van der Waals surface area contributed by atoms with Crippen molar-refractivity contribution in [2.24, 2.45) is 0 Å². The van der Waals surface area contributed by atoms with Crippen molar-refractivity contribution < 1.29 is 9.84 Å². The SMILES string of the molecule is COC1=CC[C@@H](O)CC1. The van der Waals surface area contributed by atoms with E-state index in [1.54, 1.807) is 7.11 Å². The Bertz CT molecular complexity index is 118. The molecule has 0 aromatic carbocycles. The van der Waals surface area contributed by atoms with E-state index in [9.17, 15) is 0 Å². The fourth-order valence-corrected chi connectivity index (χ4v) is 0.982. The van der Waals surface area contributed by atoms with Crippen LogP contribution < -0.4 is 0 Å². The lowest BCUT2D eigenvalue weighted by molar-refractivity contribution is 0.144. The number of hydrogen-bond donors (Lipinski definition) is 1. The maximum atomic E-state index is 9.02. The number of ether oxygens (including phenoxy) is 1. The van der Waals surface area contributed by atoms with Crippen LogP contribution in [0.3, 0.4) is 0 Å². The van der Waals surface area contributed by atoms with Gasteiger partial charge < -0.3 is 9.84 Å². The maximum Gasteiger partial charge on any atom is 0.0917 e. The van der Waals surface area contributed by atoms with E-state index in [4.69, 9.17) is 9.84 Å². The quantitative estimate of drug-likeness (QED) is 0.572. The van der Waals surface area contributed by atoms with E-state index in [0.717, 1.165) is 25.0 Å². The molecule has 0 saturated heterocycles. The Morgan fingerprint density at radius 2 is 2.56 bits per heavy atom. The summed E-state index contributed by atoms with van der Waals surface area (Å²) in [4.78, 5) is 0. The van der Waals surface area contributed by atoms with Crippen molar-refractivity contribution in [3.8, 4) is 0 Å². The Morgan fingerprint density at radius 1 is 1.78 bits per heavy atom. The average Bonchev–Trinajstić information content (AvgIpc) is 1.90. The zero-order valence-electron chi connectivity index (χ0n) is 5.63. The predicted octanol–water partition coefficient (Wildman–Crippen LogP) is 1.06. The lowest BCUT2D eigenvalue weighted by Gasteiger charge is -2.15. The number of hydrogen-bond acceptors (Lipinski definition) is 2. The van der Waals surface area contributed by atoms with E-state index < -0.39 is 0 Å². The molecule has 1 aliphatic carbocycles. The Morgan fingerprint density at radius 3 is 3.00 bits per heavy atom. The topological polar surface area (TPSA) is 29.5 Å². The first kappa shape index (κ1) is 6.62. The van der Waals surface area contributed by atoms with Crippen LogP contribution in [0, 0.1) is 0 Å². The van der Waals surface area contributed by atoms with Gasteiger partial charge in [-0.1, -0.05) is 0 Å². The number of methoxy groups -OCH3 is 1. The van der Waals surface area contributed by atoms with E-state index >= 15 is 0 Å². The van der Waals surface area contributed by atoms with Gasteiger partial charge in [-0.05, 0) is 18.9 Å². The molecule has 2 heteroatoms. The van der Waals surface area contributed by atoms with Crippen LogP contribution in [-0.2, 0) is 4.74 Å². The van der Waals surface area contributed by atoms with Crippen molar-refractivity contribution in [2.45, 2.75) is 25.4 Å². The summed E-state index contributed by atoms with van der Waals surface area (Å²) in [6, 6.07) is 0. The van der Waals surface area contributed by atoms with Crippen LogP contribution >= 0.6 is 0 Å². The lowest BCUT2D eigenvalue weighted by atomic mass is 10.0. The van der Waals surface area contributed by atoms with Gasteiger partial charge in [-0.25, -0.2) is 0 Å². The van der Waals surface area contributed by atoms with Gasteiger partial charge in [0.15, 0.2) is 0 Å². The normalized spacial score (nSPS) is 27.3. The molecule has 52 valence electrons. The minimum Gasteiger partial charge on any atom is -0.501 e. The zero-order valence-corrected chi connectivity index (χ0v) is 5.63. The summed E-state index contributed by atoms with van der Waals surface area (Å²) < 4.78 is 4.99. The number of rotatable bonds is 1. The van der Waals surface area contributed by atoms with Gasteiger partial charge in [0.2, 0.25) is 0 Å². The second-order valence-electron chi connectivity index (χ2n) is 2.30. The molecular weight excluding hydrogens is 116 g/mol. The van der Waals surface area contributed by atoms with Gasteiger partial charge in [0, 0.05) is 6.42 Å². The highest BCUT2D eigenvalue weighted by Gasteiger charge is 2.10. The Kier molecular flexibility index (Phi) is 2.11. The van der Waals surface area contributed by atoms with Gasteiger partial charge in [-0.15, -0.1) is 0 Å². The third-order valence-corrected chi connectivity index (χ3v) is 1.60. The first-order valence-corrected chi connectivity index (χ1v) is 3.24. The van der Waals surface area contributed by atoms with Crippen LogP contribution in [-0.4, -0.2) is 18.3 Å². The highest BCUT2D eigenvalue weighted by atomic mass is 16.5. The van der Waals surface area contributed by atoms with Crippen molar-refractivity contribution in [3.63, 3.8) is 0 Å². The van der Waals surface area contributed by atoms with Crippen molar-refractivity contribution >= 4 is 0 Å². The van der Waals surface area contributed by atoms with Crippen LogP contribution in [0.5, 0.6) is 0 Å². The molecule has 1 rings (SSSR count). The van der Waals surface area contributed by atoms with Crippen LogP contribution in [0.2, 0.25) is 0 Å². The van der Waals surface area contributed by atoms with E-state index in [-0.39, 0.29) is 6.10 Å².